The first kappa shape index (κ1) is 16.7. The van der Waals surface area contributed by atoms with Crippen LogP contribution in [0.3, 0.4) is 0 Å². The topological polar surface area (TPSA) is 69.6 Å². The number of aryl methyl sites for hydroxylation is 1. The van der Waals surface area contributed by atoms with E-state index in [9.17, 15) is 15.0 Å². The number of carbonyl (C=O) groups excluding carboxylic acids is 1. The molecule has 0 aliphatic heterocycles. The van der Waals surface area contributed by atoms with E-state index in [4.69, 9.17) is 0 Å². The number of hydrogen-bond donors (Lipinski definition) is 3. The van der Waals surface area contributed by atoms with Crippen molar-refractivity contribution in [1.29, 1.82) is 0 Å². The predicted octanol–water partition coefficient (Wildman–Crippen LogP) is 3.58. The number of phenols is 1. The molecule has 126 valence electrons. The Morgan fingerprint density at radius 2 is 1.40 bits per heavy atom. The number of anilines is 1. The molecule has 0 bridgehead atoms. The first-order valence-electron chi connectivity index (χ1n) is 7.95. The van der Waals surface area contributed by atoms with E-state index in [2.05, 4.69) is 5.32 Å². The monoisotopic (exact) mass is 333 g/mol. The van der Waals surface area contributed by atoms with E-state index in [1.807, 2.05) is 25.1 Å². The van der Waals surface area contributed by atoms with Gasteiger partial charge in [-0.15, -0.1) is 0 Å². The van der Waals surface area contributed by atoms with Gasteiger partial charge in [-0.05, 0) is 42.3 Å². The Balaban J connectivity index is 2.03. The van der Waals surface area contributed by atoms with Crippen molar-refractivity contribution < 1.29 is 15.0 Å². The lowest BCUT2D eigenvalue weighted by molar-refractivity contribution is -0.131. The van der Waals surface area contributed by atoms with E-state index in [0.29, 0.717) is 16.8 Å². The molecule has 0 aromatic heterocycles. The van der Waals surface area contributed by atoms with Crippen molar-refractivity contribution in [1.82, 2.24) is 0 Å². The highest BCUT2D eigenvalue weighted by Gasteiger charge is 2.40. The molecule has 0 saturated carbocycles. The summed E-state index contributed by atoms with van der Waals surface area (Å²) in [6.07, 6.45) is 0. The van der Waals surface area contributed by atoms with Crippen molar-refractivity contribution in [2.45, 2.75) is 12.5 Å². The number of aromatic hydroxyl groups is 1. The molecule has 1 unspecified atom stereocenters. The fourth-order valence-corrected chi connectivity index (χ4v) is 2.67. The minimum absolute atomic E-state index is 0.0677. The van der Waals surface area contributed by atoms with Gasteiger partial charge in [-0.3, -0.25) is 4.79 Å². The molecular formula is C21H19NO3. The summed E-state index contributed by atoms with van der Waals surface area (Å²) in [5.74, 6) is -0.494. The summed E-state index contributed by atoms with van der Waals surface area (Å²) >= 11 is 0. The number of phenolic OH excluding ortho intramolecular Hbond substituents is 1. The molecular weight excluding hydrogens is 314 g/mol. The highest BCUT2D eigenvalue weighted by atomic mass is 16.3. The zero-order valence-electron chi connectivity index (χ0n) is 13.8. The van der Waals surface area contributed by atoms with Crippen LogP contribution in [0.1, 0.15) is 16.7 Å². The smallest absolute Gasteiger partial charge is 0.265 e. The van der Waals surface area contributed by atoms with Crippen LogP contribution >= 0.6 is 0 Å². The second-order valence-corrected chi connectivity index (χ2v) is 5.94. The Labute approximate surface area is 146 Å². The lowest BCUT2D eigenvalue weighted by Crippen LogP contribution is -2.41. The molecule has 0 spiro atoms. The van der Waals surface area contributed by atoms with Crippen molar-refractivity contribution >= 4 is 11.6 Å². The Morgan fingerprint density at radius 3 is 2.00 bits per heavy atom. The number of rotatable bonds is 4. The Kier molecular flexibility index (Phi) is 4.55. The first-order chi connectivity index (χ1) is 12.0. The van der Waals surface area contributed by atoms with Crippen LogP contribution < -0.4 is 5.32 Å². The molecule has 0 heterocycles. The molecule has 3 aromatic carbocycles. The summed E-state index contributed by atoms with van der Waals surface area (Å²) in [7, 11) is 0. The van der Waals surface area contributed by atoms with Crippen LogP contribution in [0.15, 0.2) is 78.9 Å². The molecule has 0 fully saturated rings. The fraction of sp³-hybridized carbons (Fsp3) is 0.0952. The summed E-state index contributed by atoms with van der Waals surface area (Å²) in [6, 6.07) is 22.1. The van der Waals surface area contributed by atoms with E-state index in [1.54, 1.807) is 36.4 Å². The maximum absolute atomic E-state index is 13.0. The molecule has 3 aromatic rings. The van der Waals surface area contributed by atoms with Gasteiger partial charge >= 0.3 is 0 Å². The molecule has 0 saturated heterocycles. The van der Waals surface area contributed by atoms with Gasteiger partial charge in [-0.25, -0.2) is 0 Å². The van der Waals surface area contributed by atoms with E-state index in [1.165, 1.54) is 24.3 Å². The van der Waals surface area contributed by atoms with Crippen LogP contribution in [0.2, 0.25) is 0 Å². The van der Waals surface area contributed by atoms with Crippen molar-refractivity contribution in [2.75, 3.05) is 5.32 Å². The van der Waals surface area contributed by atoms with Gasteiger partial charge in [0.25, 0.3) is 5.91 Å². The summed E-state index contributed by atoms with van der Waals surface area (Å²) in [5.41, 5.74) is 0.629. The number of aliphatic hydroxyl groups is 1. The van der Waals surface area contributed by atoms with Crippen molar-refractivity contribution in [3.63, 3.8) is 0 Å². The zero-order valence-corrected chi connectivity index (χ0v) is 13.8. The lowest BCUT2D eigenvalue weighted by Gasteiger charge is -2.28. The number of nitrogens with one attached hydrogen (secondary N) is 1. The third-order valence-electron chi connectivity index (χ3n) is 4.11. The van der Waals surface area contributed by atoms with E-state index in [0.717, 1.165) is 5.56 Å². The van der Waals surface area contributed by atoms with Crippen molar-refractivity contribution in [3.05, 3.63) is 95.6 Å². The van der Waals surface area contributed by atoms with Crippen LogP contribution in [-0.2, 0) is 10.4 Å². The Morgan fingerprint density at radius 1 is 0.840 bits per heavy atom. The van der Waals surface area contributed by atoms with Crippen LogP contribution in [0.5, 0.6) is 5.75 Å². The molecule has 3 rings (SSSR count). The Hall–Kier alpha value is -3.11. The first-order valence-corrected chi connectivity index (χ1v) is 7.95. The molecule has 0 aliphatic rings. The molecule has 3 N–H and O–H groups in total. The molecule has 0 radical (unpaired) electrons. The lowest BCUT2D eigenvalue weighted by atomic mass is 9.85. The van der Waals surface area contributed by atoms with Gasteiger partial charge in [0.1, 0.15) is 5.75 Å². The third-order valence-corrected chi connectivity index (χ3v) is 4.11. The van der Waals surface area contributed by atoms with Gasteiger partial charge in [-0.2, -0.15) is 0 Å². The summed E-state index contributed by atoms with van der Waals surface area (Å²) < 4.78 is 0. The molecule has 1 atom stereocenters. The summed E-state index contributed by atoms with van der Waals surface area (Å²) in [6.45, 7) is 1.96. The normalized spacial score (nSPS) is 13.0. The molecule has 25 heavy (non-hydrogen) atoms. The van der Waals surface area contributed by atoms with Gasteiger partial charge in [0.05, 0.1) is 0 Å². The van der Waals surface area contributed by atoms with Gasteiger partial charge in [-0.1, -0.05) is 60.2 Å². The van der Waals surface area contributed by atoms with Crippen molar-refractivity contribution in [3.8, 4) is 5.75 Å². The SMILES string of the molecule is Cc1ccc(NC(=O)C(O)(c2ccccc2)c2ccc(O)cc2)cc1. The van der Waals surface area contributed by atoms with Crippen LogP contribution in [-0.4, -0.2) is 16.1 Å². The highest BCUT2D eigenvalue weighted by Crippen LogP contribution is 2.32. The maximum Gasteiger partial charge on any atom is 0.265 e. The number of benzene rings is 3. The van der Waals surface area contributed by atoms with Gasteiger partial charge in [0, 0.05) is 5.69 Å². The minimum atomic E-state index is -1.88. The molecule has 0 aliphatic carbocycles. The summed E-state index contributed by atoms with van der Waals surface area (Å²) in [5, 5.41) is 23.6. The Bertz CT molecular complexity index is 858. The minimum Gasteiger partial charge on any atom is -0.508 e. The number of amides is 1. The number of carbonyl (C=O) groups is 1. The predicted molar refractivity (Wildman–Crippen MR) is 97.4 cm³/mol. The van der Waals surface area contributed by atoms with Crippen molar-refractivity contribution in [2.24, 2.45) is 0 Å². The highest BCUT2D eigenvalue weighted by molar-refractivity contribution is 6.00. The molecule has 1 amide bonds. The maximum atomic E-state index is 13.0. The summed E-state index contributed by atoms with van der Waals surface area (Å²) in [4.78, 5) is 13.0. The average Bonchev–Trinajstić information content (AvgIpc) is 2.64. The van der Waals surface area contributed by atoms with Gasteiger partial charge < -0.3 is 15.5 Å². The van der Waals surface area contributed by atoms with Crippen LogP contribution in [0.25, 0.3) is 0 Å². The standard InChI is InChI=1S/C21H19NO3/c1-15-7-11-18(12-8-15)22-20(24)21(25,16-5-3-2-4-6-16)17-9-13-19(23)14-10-17/h2-14,23,25H,1H3,(H,22,24). The third kappa shape index (κ3) is 3.39. The quantitative estimate of drug-likeness (QED) is 0.683. The number of hydrogen-bond acceptors (Lipinski definition) is 3. The fourth-order valence-electron chi connectivity index (χ4n) is 2.67. The molecule has 4 heteroatoms. The zero-order chi connectivity index (χ0) is 17.9. The van der Waals surface area contributed by atoms with Gasteiger partial charge in [0.15, 0.2) is 5.60 Å². The van der Waals surface area contributed by atoms with Crippen LogP contribution in [0.4, 0.5) is 5.69 Å². The second kappa shape index (κ2) is 6.79. The second-order valence-electron chi connectivity index (χ2n) is 5.94. The van der Waals surface area contributed by atoms with Gasteiger partial charge in [0.2, 0.25) is 0 Å². The van der Waals surface area contributed by atoms with E-state index in [-0.39, 0.29) is 5.75 Å². The van der Waals surface area contributed by atoms with E-state index >= 15 is 0 Å². The van der Waals surface area contributed by atoms with Crippen LogP contribution in [0, 0.1) is 6.92 Å². The van der Waals surface area contributed by atoms with E-state index < -0.39 is 11.5 Å². The average molecular weight is 333 g/mol. The largest absolute Gasteiger partial charge is 0.508 e. The molecule has 4 nitrogen and oxygen atoms in total.